The zero-order valence-corrected chi connectivity index (χ0v) is 10.1. The minimum absolute atomic E-state index is 0.285. The highest BCUT2D eigenvalue weighted by molar-refractivity contribution is 6.28. The number of hydrogen-bond acceptors (Lipinski definition) is 2. The van der Waals surface area contributed by atoms with Gasteiger partial charge in [0.1, 0.15) is 0 Å². The molecule has 3 heteroatoms. The maximum absolute atomic E-state index is 5.77. The van der Waals surface area contributed by atoms with E-state index in [2.05, 4.69) is 35.9 Å². The smallest absolute Gasteiger partial charge is 0.222 e. The summed E-state index contributed by atoms with van der Waals surface area (Å²) >= 11 is 5.77. The monoisotopic (exact) mass is 232 g/mol. The number of rotatable bonds is 2. The lowest BCUT2D eigenvalue weighted by Gasteiger charge is -2.07. The minimum Gasteiger partial charge on any atom is -0.226 e. The van der Waals surface area contributed by atoms with Crippen molar-refractivity contribution in [3.05, 3.63) is 47.4 Å². The lowest BCUT2D eigenvalue weighted by atomic mass is 10.00. The molecule has 1 aromatic heterocycles. The molecule has 2 aromatic rings. The van der Waals surface area contributed by atoms with Crippen LogP contribution in [0.2, 0.25) is 5.28 Å². The van der Waals surface area contributed by atoms with Gasteiger partial charge in [0.05, 0.1) is 5.69 Å². The third-order valence-corrected chi connectivity index (χ3v) is 2.66. The summed E-state index contributed by atoms with van der Waals surface area (Å²) in [6.45, 7) is 4.35. The molecule has 82 valence electrons. The second-order valence-corrected chi connectivity index (χ2v) is 4.33. The van der Waals surface area contributed by atoms with Gasteiger partial charge >= 0.3 is 0 Å². The average Bonchev–Trinajstić information content (AvgIpc) is 2.29. The van der Waals surface area contributed by atoms with E-state index in [9.17, 15) is 0 Å². The normalized spacial score (nSPS) is 10.8. The topological polar surface area (TPSA) is 25.8 Å². The Hall–Kier alpha value is -1.41. The quantitative estimate of drug-likeness (QED) is 0.734. The van der Waals surface area contributed by atoms with E-state index >= 15 is 0 Å². The zero-order chi connectivity index (χ0) is 11.5. The van der Waals surface area contributed by atoms with Crippen molar-refractivity contribution in [3.63, 3.8) is 0 Å². The number of aromatic nitrogens is 2. The van der Waals surface area contributed by atoms with Gasteiger partial charge in [-0.2, -0.15) is 0 Å². The second kappa shape index (κ2) is 4.62. The molecule has 2 nitrogen and oxygen atoms in total. The van der Waals surface area contributed by atoms with Crippen LogP contribution in [0.15, 0.2) is 36.5 Å². The Morgan fingerprint density at radius 2 is 2.00 bits per heavy atom. The molecule has 2 rings (SSSR count). The summed E-state index contributed by atoms with van der Waals surface area (Å²) in [4.78, 5) is 8.08. The van der Waals surface area contributed by atoms with Crippen LogP contribution in [0.3, 0.4) is 0 Å². The minimum atomic E-state index is 0.285. The molecule has 0 aliphatic heterocycles. The molecule has 0 amide bonds. The molecule has 0 bridgehead atoms. The predicted molar refractivity (Wildman–Crippen MR) is 66.6 cm³/mol. The van der Waals surface area contributed by atoms with Crippen LogP contribution >= 0.6 is 11.6 Å². The molecule has 0 N–H and O–H groups in total. The van der Waals surface area contributed by atoms with Crippen LogP contribution in [-0.4, -0.2) is 9.97 Å². The fourth-order valence-corrected chi connectivity index (χ4v) is 1.70. The molecule has 1 heterocycles. The molecule has 16 heavy (non-hydrogen) atoms. The van der Waals surface area contributed by atoms with Crippen LogP contribution < -0.4 is 0 Å². The predicted octanol–water partition coefficient (Wildman–Crippen LogP) is 3.92. The van der Waals surface area contributed by atoms with Gasteiger partial charge in [-0.05, 0) is 35.2 Å². The average molecular weight is 233 g/mol. The van der Waals surface area contributed by atoms with Crippen molar-refractivity contribution in [3.8, 4) is 11.3 Å². The second-order valence-electron chi connectivity index (χ2n) is 3.99. The molecule has 0 saturated heterocycles. The van der Waals surface area contributed by atoms with Gasteiger partial charge in [-0.25, -0.2) is 9.97 Å². The number of halogens is 1. The molecular formula is C13H13ClN2. The highest BCUT2D eigenvalue weighted by Crippen LogP contribution is 2.22. The third kappa shape index (κ3) is 2.39. The van der Waals surface area contributed by atoms with Gasteiger partial charge in [0.2, 0.25) is 5.28 Å². The summed E-state index contributed by atoms with van der Waals surface area (Å²) in [5.74, 6) is 0.511. The summed E-state index contributed by atoms with van der Waals surface area (Å²) in [5, 5.41) is 0.285. The standard InChI is InChI=1S/C13H13ClN2/c1-9(2)10-4-3-5-11(8-10)12-6-7-15-13(14)16-12/h3-9H,1-2H3. The lowest BCUT2D eigenvalue weighted by Crippen LogP contribution is -1.90. The number of nitrogens with zero attached hydrogens (tertiary/aromatic N) is 2. The molecule has 0 aliphatic carbocycles. The van der Waals surface area contributed by atoms with E-state index in [0.717, 1.165) is 11.3 Å². The van der Waals surface area contributed by atoms with E-state index in [1.807, 2.05) is 18.2 Å². The van der Waals surface area contributed by atoms with Crippen molar-refractivity contribution in [2.75, 3.05) is 0 Å². The maximum Gasteiger partial charge on any atom is 0.222 e. The van der Waals surface area contributed by atoms with Crippen LogP contribution in [-0.2, 0) is 0 Å². The summed E-state index contributed by atoms with van der Waals surface area (Å²) in [6, 6.07) is 10.2. The van der Waals surface area contributed by atoms with Crippen LogP contribution in [0.4, 0.5) is 0 Å². The number of benzene rings is 1. The molecule has 0 aliphatic rings. The molecule has 0 saturated carbocycles. The highest BCUT2D eigenvalue weighted by Gasteiger charge is 2.04. The molecule has 0 atom stereocenters. The molecule has 0 unspecified atom stereocenters. The highest BCUT2D eigenvalue weighted by atomic mass is 35.5. The Bertz CT molecular complexity index is 495. The van der Waals surface area contributed by atoms with E-state index in [-0.39, 0.29) is 5.28 Å². The lowest BCUT2D eigenvalue weighted by molar-refractivity contribution is 0.867. The van der Waals surface area contributed by atoms with Crippen molar-refractivity contribution in [2.24, 2.45) is 0 Å². The van der Waals surface area contributed by atoms with Crippen LogP contribution in [0.25, 0.3) is 11.3 Å². The zero-order valence-electron chi connectivity index (χ0n) is 9.31. The Morgan fingerprint density at radius 1 is 1.19 bits per heavy atom. The van der Waals surface area contributed by atoms with Crippen molar-refractivity contribution < 1.29 is 0 Å². The Morgan fingerprint density at radius 3 is 2.69 bits per heavy atom. The number of hydrogen-bond donors (Lipinski definition) is 0. The van der Waals surface area contributed by atoms with Crippen molar-refractivity contribution >= 4 is 11.6 Å². The van der Waals surface area contributed by atoms with Crippen LogP contribution in [0.1, 0.15) is 25.3 Å². The van der Waals surface area contributed by atoms with Gasteiger partial charge in [-0.3, -0.25) is 0 Å². The first kappa shape index (κ1) is 11.1. The molecular weight excluding hydrogens is 220 g/mol. The Kier molecular flexibility index (Phi) is 3.20. The summed E-state index contributed by atoms with van der Waals surface area (Å²) < 4.78 is 0. The van der Waals surface area contributed by atoms with Gasteiger partial charge in [-0.1, -0.05) is 32.0 Å². The van der Waals surface area contributed by atoms with Gasteiger partial charge in [0, 0.05) is 11.8 Å². The van der Waals surface area contributed by atoms with Gasteiger partial charge < -0.3 is 0 Å². The Balaban J connectivity index is 2.44. The molecule has 0 spiro atoms. The summed E-state index contributed by atoms with van der Waals surface area (Å²) in [5.41, 5.74) is 3.24. The van der Waals surface area contributed by atoms with E-state index < -0.39 is 0 Å². The van der Waals surface area contributed by atoms with E-state index in [4.69, 9.17) is 11.6 Å². The van der Waals surface area contributed by atoms with Crippen LogP contribution in [0.5, 0.6) is 0 Å². The fraction of sp³-hybridized carbons (Fsp3) is 0.231. The van der Waals surface area contributed by atoms with Crippen molar-refractivity contribution in [2.45, 2.75) is 19.8 Å². The van der Waals surface area contributed by atoms with Crippen molar-refractivity contribution in [1.82, 2.24) is 9.97 Å². The van der Waals surface area contributed by atoms with Gasteiger partial charge in [0.25, 0.3) is 0 Å². The van der Waals surface area contributed by atoms with E-state index in [1.165, 1.54) is 5.56 Å². The molecule has 0 radical (unpaired) electrons. The third-order valence-electron chi connectivity index (χ3n) is 2.48. The SMILES string of the molecule is CC(C)c1cccc(-c2ccnc(Cl)n2)c1. The fourth-order valence-electron chi connectivity index (χ4n) is 1.55. The van der Waals surface area contributed by atoms with Crippen molar-refractivity contribution in [1.29, 1.82) is 0 Å². The first-order chi connectivity index (χ1) is 7.66. The van der Waals surface area contributed by atoms with E-state index in [1.54, 1.807) is 6.20 Å². The molecule has 1 aromatic carbocycles. The van der Waals surface area contributed by atoms with Crippen LogP contribution in [0, 0.1) is 0 Å². The summed E-state index contributed by atoms with van der Waals surface area (Å²) in [6.07, 6.45) is 1.67. The first-order valence-electron chi connectivity index (χ1n) is 5.25. The summed E-state index contributed by atoms with van der Waals surface area (Å²) in [7, 11) is 0. The van der Waals surface area contributed by atoms with E-state index in [0.29, 0.717) is 5.92 Å². The largest absolute Gasteiger partial charge is 0.226 e. The Labute approximate surface area is 100 Å². The van der Waals surface area contributed by atoms with Gasteiger partial charge in [0.15, 0.2) is 0 Å². The molecule has 0 fully saturated rings. The first-order valence-corrected chi connectivity index (χ1v) is 5.63. The van der Waals surface area contributed by atoms with Gasteiger partial charge in [-0.15, -0.1) is 0 Å². The maximum atomic E-state index is 5.77.